The molecule has 0 aliphatic heterocycles. The van der Waals surface area contributed by atoms with Gasteiger partial charge in [-0.3, -0.25) is 4.79 Å². The predicted octanol–water partition coefficient (Wildman–Crippen LogP) is 1.46. The number of ether oxygens (including phenoxy) is 1. The molecular weight excluding hydrogens is 240 g/mol. The number of hydrogen-bond donors (Lipinski definition) is 2. The zero-order valence-electron chi connectivity index (χ0n) is 8.44. The van der Waals surface area contributed by atoms with E-state index in [1.54, 1.807) is 0 Å². The van der Waals surface area contributed by atoms with Crippen molar-refractivity contribution in [3.05, 3.63) is 16.3 Å². The van der Waals surface area contributed by atoms with E-state index < -0.39 is 18.6 Å². The Kier molecular flexibility index (Phi) is 4.63. The SMILES string of the molecule is CC(O)CNC(=O)c1sccc1OC(F)F. The van der Waals surface area contributed by atoms with Gasteiger partial charge in [0.05, 0.1) is 6.10 Å². The van der Waals surface area contributed by atoms with E-state index in [-0.39, 0.29) is 17.2 Å². The van der Waals surface area contributed by atoms with Gasteiger partial charge in [0.15, 0.2) is 0 Å². The number of rotatable bonds is 5. The van der Waals surface area contributed by atoms with Crippen LogP contribution in [0, 0.1) is 0 Å². The fraction of sp³-hybridized carbons (Fsp3) is 0.444. The topological polar surface area (TPSA) is 58.6 Å². The van der Waals surface area contributed by atoms with Crippen LogP contribution in [0.3, 0.4) is 0 Å². The van der Waals surface area contributed by atoms with E-state index in [0.29, 0.717) is 0 Å². The average Bonchev–Trinajstić information content (AvgIpc) is 2.61. The van der Waals surface area contributed by atoms with Gasteiger partial charge in [-0.1, -0.05) is 0 Å². The summed E-state index contributed by atoms with van der Waals surface area (Å²) in [5.74, 6) is -0.686. The second kappa shape index (κ2) is 5.76. The van der Waals surface area contributed by atoms with Crippen LogP contribution in [0.2, 0.25) is 0 Å². The first kappa shape index (κ1) is 12.9. The van der Waals surface area contributed by atoms with Crippen molar-refractivity contribution < 1.29 is 23.4 Å². The van der Waals surface area contributed by atoms with E-state index in [4.69, 9.17) is 5.11 Å². The van der Waals surface area contributed by atoms with Crippen LogP contribution in [0.4, 0.5) is 8.78 Å². The van der Waals surface area contributed by atoms with Crippen molar-refractivity contribution in [2.24, 2.45) is 0 Å². The molecule has 0 saturated carbocycles. The molecule has 0 radical (unpaired) electrons. The average molecular weight is 251 g/mol. The molecule has 0 bridgehead atoms. The van der Waals surface area contributed by atoms with Crippen LogP contribution in [0.1, 0.15) is 16.6 Å². The van der Waals surface area contributed by atoms with Crippen LogP contribution in [0.5, 0.6) is 5.75 Å². The van der Waals surface area contributed by atoms with Crippen LogP contribution >= 0.6 is 11.3 Å². The molecule has 0 aliphatic carbocycles. The third kappa shape index (κ3) is 3.74. The van der Waals surface area contributed by atoms with Gasteiger partial charge in [-0.15, -0.1) is 11.3 Å². The summed E-state index contributed by atoms with van der Waals surface area (Å²) in [7, 11) is 0. The van der Waals surface area contributed by atoms with E-state index in [1.165, 1.54) is 18.4 Å². The molecule has 0 aromatic carbocycles. The molecule has 1 aromatic heterocycles. The van der Waals surface area contributed by atoms with Crippen LogP contribution in [-0.2, 0) is 0 Å². The summed E-state index contributed by atoms with van der Waals surface area (Å²) in [6.07, 6.45) is -0.691. The molecule has 1 unspecified atom stereocenters. The fourth-order valence-electron chi connectivity index (χ4n) is 0.973. The number of thiophene rings is 1. The lowest BCUT2D eigenvalue weighted by molar-refractivity contribution is -0.0498. The highest BCUT2D eigenvalue weighted by Gasteiger charge is 2.17. The van der Waals surface area contributed by atoms with E-state index in [9.17, 15) is 13.6 Å². The Bertz CT molecular complexity index is 354. The van der Waals surface area contributed by atoms with Gasteiger partial charge in [0.25, 0.3) is 5.91 Å². The number of hydrogen-bond acceptors (Lipinski definition) is 4. The maximum absolute atomic E-state index is 12.0. The molecule has 1 rings (SSSR count). The number of nitrogens with one attached hydrogen (secondary N) is 1. The van der Waals surface area contributed by atoms with Crippen LogP contribution in [-0.4, -0.2) is 30.3 Å². The Morgan fingerprint density at radius 2 is 2.38 bits per heavy atom. The number of carbonyl (C=O) groups is 1. The first-order chi connectivity index (χ1) is 7.50. The zero-order valence-corrected chi connectivity index (χ0v) is 9.26. The maximum atomic E-state index is 12.0. The third-order valence-electron chi connectivity index (χ3n) is 1.61. The minimum Gasteiger partial charge on any atom is -0.433 e. The van der Waals surface area contributed by atoms with Gasteiger partial charge in [-0.05, 0) is 18.4 Å². The molecule has 0 aliphatic rings. The molecule has 4 nitrogen and oxygen atoms in total. The zero-order chi connectivity index (χ0) is 12.1. The third-order valence-corrected chi connectivity index (χ3v) is 2.50. The number of aliphatic hydroxyl groups excluding tert-OH is 1. The minimum absolute atomic E-state index is 0.0604. The first-order valence-electron chi connectivity index (χ1n) is 4.49. The summed E-state index contributed by atoms with van der Waals surface area (Å²) < 4.78 is 28.1. The normalized spacial score (nSPS) is 12.6. The Labute approximate surface area is 94.8 Å². The second-order valence-corrected chi connectivity index (χ2v) is 3.97. The molecule has 1 aromatic rings. The number of halogens is 2. The van der Waals surface area contributed by atoms with Crippen molar-refractivity contribution in [2.75, 3.05) is 6.54 Å². The Balaban J connectivity index is 2.64. The smallest absolute Gasteiger partial charge is 0.387 e. The number of alkyl halides is 2. The highest BCUT2D eigenvalue weighted by atomic mass is 32.1. The van der Waals surface area contributed by atoms with Crippen LogP contribution in [0.15, 0.2) is 11.4 Å². The van der Waals surface area contributed by atoms with Crippen molar-refractivity contribution >= 4 is 17.2 Å². The number of amides is 1. The summed E-state index contributed by atoms with van der Waals surface area (Å²) in [5, 5.41) is 12.8. The van der Waals surface area contributed by atoms with Gasteiger partial charge in [0.2, 0.25) is 0 Å². The lowest BCUT2D eigenvalue weighted by atomic mass is 10.3. The highest BCUT2D eigenvalue weighted by molar-refractivity contribution is 7.12. The van der Waals surface area contributed by atoms with Crippen molar-refractivity contribution in [3.63, 3.8) is 0 Å². The van der Waals surface area contributed by atoms with Crippen molar-refractivity contribution in [3.8, 4) is 5.75 Å². The van der Waals surface area contributed by atoms with Gasteiger partial charge >= 0.3 is 6.61 Å². The molecule has 0 spiro atoms. The number of aliphatic hydroxyl groups is 1. The molecular formula is C9H11F2NO3S. The van der Waals surface area contributed by atoms with E-state index >= 15 is 0 Å². The first-order valence-corrected chi connectivity index (χ1v) is 5.37. The predicted molar refractivity (Wildman–Crippen MR) is 55.0 cm³/mol. The standard InChI is InChI=1S/C9H11F2NO3S/c1-5(13)4-12-8(14)7-6(2-3-16-7)15-9(10)11/h2-3,5,9,13H,4H2,1H3,(H,12,14). The summed E-state index contributed by atoms with van der Waals surface area (Å²) in [6.45, 7) is -1.39. The molecule has 0 fully saturated rings. The van der Waals surface area contributed by atoms with Crippen molar-refractivity contribution in [2.45, 2.75) is 19.6 Å². The lowest BCUT2D eigenvalue weighted by Gasteiger charge is -2.08. The van der Waals surface area contributed by atoms with Gasteiger partial charge in [0, 0.05) is 6.54 Å². The second-order valence-electron chi connectivity index (χ2n) is 3.05. The van der Waals surface area contributed by atoms with Crippen molar-refractivity contribution in [1.29, 1.82) is 0 Å². The molecule has 1 amide bonds. The largest absolute Gasteiger partial charge is 0.433 e. The molecule has 1 heterocycles. The van der Waals surface area contributed by atoms with Crippen LogP contribution < -0.4 is 10.1 Å². The minimum atomic E-state index is -2.96. The number of carbonyl (C=O) groups excluding carboxylic acids is 1. The van der Waals surface area contributed by atoms with E-state index in [1.807, 2.05) is 0 Å². The highest BCUT2D eigenvalue weighted by Crippen LogP contribution is 2.26. The van der Waals surface area contributed by atoms with Crippen molar-refractivity contribution in [1.82, 2.24) is 5.32 Å². The molecule has 16 heavy (non-hydrogen) atoms. The summed E-state index contributed by atoms with van der Waals surface area (Å²) in [5.41, 5.74) is 0. The molecule has 90 valence electrons. The van der Waals surface area contributed by atoms with Gasteiger partial charge < -0.3 is 15.2 Å². The summed E-state index contributed by atoms with van der Waals surface area (Å²) in [6, 6.07) is 1.30. The molecule has 2 N–H and O–H groups in total. The van der Waals surface area contributed by atoms with Gasteiger partial charge in [0.1, 0.15) is 10.6 Å². The van der Waals surface area contributed by atoms with E-state index in [0.717, 1.165) is 11.3 Å². The van der Waals surface area contributed by atoms with Crippen LogP contribution in [0.25, 0.3) is 0 Å². The fourth-order valence-corrected chi connectivity index (χ4v) is 1.71. The van der Waals surface area contributed by atoms with Gasteiger partial charge in [-0.2, -0.15) is 8.78 Å². The Morgan fingerprint density at radius 1 is 1.69 bits per heavy atom. The maximum Gasteiger partial charge on any atom is 0.387 e. The van der Waals surface area contributed by atoms with E-state index in [2.05, 4.69) is 10.1 Å². The molecule has 1 atom stereocenters. The van der Waals surface area contributed by atoms with Gasteiger partial charge in [-0.25, -0.2) is 0 Å². The summed E-state index contributed by atoms with van der Waals surface area (Å²) in [4.78, 5) is 11.5. The summed E-state index contributed by atoms with van der Waals surface area (Å²) >= 11 is 0.999. The lowest BCUT2D eigenvalue weighted by Crippen LogP contribution is -2.30. The monoisotopic (exact) mass is 251 g/mol. The molecule has 7 heteroatoms. The molecule has 0 saturated heterocycles. The Hall–Kier alpha value is -1.21. The Morgan fingerprint density at radius 3 is 2.94 bits per heavy atom. The quantitative estimate of drug-likeness (QED) is 0.833.